The van der Waals surface area contributed by atoms with Crippen LogP contribution in [-0.2, 0) is 22.4 Å². The number of carboxylic acids is 1. The summed E-state index contributed by atoms with van der Waals surface area (Å²) in [6.45, 7) is 41.3. The number of aromatic nitrogens is 6. The average Bonchev–Trinajstić information content (AvgIpc) is 1.74. The number of aryl methyl sites for hydroxylation is 5. The van der Waals surface area contributed by atoms with Gasteiger partial charge in [-0.3, -0.25) is 14.4 Å². The van der Waals surface area contributed by atoms with Crippen molar-refractivity contribution in [2.75, 3.05) is 33.7 Å². The normalized spacial score (nSPS) is 12.0. The third kappa shape index (κ3) is 37.9. The van der Waals surface area contributed by atoms with E-state index in [2.05, 4.69) is 160 Å². The van der Waals surface area contributed by atoms with Gasteiger partial charge in [-0.2, -0.15) is 50.9 Å². The Morgan fingerprint density at radius 2 is 0.927 bits per heavy atom. The van der Waals surface area contributed by atoms with Crippen LogP contribution in [0.2, 0.25) is 39.3 Å². The maximum Gasteiger partial charge on any atom is 2.00 e. The number of carbonyl (C=O) groups excluding carboxylic acids is 3. The fraction of sp³-hybridized carbons (Fsp3) is 0.203. The molecule has 10 N–H and O–H groups in total. The van der Waals surface area contributed by atoms with Gasteiger partial charge in [0.05, 0.1) is 65.0 Å². The molecule has 2 fully saturated rings. The molecule has 0 saturated heterocycles. The molecule has 32 heteroatoms. The fourth-order valence-electron chi connectivity index (χ4n) is 15.8. The van der Waals surface area contributed by atoms with Crippen molar-refractivity contribution in [1.29, 1.82) is 5.26 Å². The van der Waals surface area contributed by atoms with E-state index < -0.39 is 43.9 Å². The zero-order valence-corrected chi connectivity index (χ0v) is 92.9. The molecular weight excluding hydrogens is 2050 g/mol. The van der Waals surface area contributed by atoms with Gasteiger partial charge >= 0.3 is 29.0 Å². The molecule has 2 saturated carbocycles. The number of carboxylic acid groups (broad SMARTS) is 1. The number of carbonyl (C=O) groups is 4. The van der Waals surface area contributed by atoms with Gasteiger partial charge in [-0.05, 0) is 251 Å². The first-order valence-electron chi connectivity index (χ1n) is 48.1. The maximum atomic E-state index is 13.5. The second-order valence-corrected chi connectivity index (χ2v) is 49.9. The number of nitrogen functional groups attached to an aromatic ring is 1. The Hall–Kier alpha value is -14.5. The van der Waals surface area contributed by atoms with E-state index in [9.17, 15) is 29.4 Å². The van der Waals surface area contributed by atoms with E-state index in [0.29, 0.717) is 116 Å². The first-order chi connectivity index (χ1) is 71.0. The number of aromatic carboxylic acids is 1. The van der Waals surface area contributed by atoms with Crippen LogP contribution in [-0.4, -0.2) is 126 Å². The van der Waals surface area contributed by atoms with Gasteiger partial charge in [0.25, 0.3) is 11.8 Å². The number of hydrogen-bond acceptors (Lipinski definition) is 17. The van der Waals surface area contributed by atoms with Crippen LogP contribution in [0, 0.1) is 77.0 Å². The van der Waals surface area contributed by atoms with Crippen molar-refractivity contribution in [1.82, 2.24) is 34.7 Å². The second kappa shape index (κ2) is 59.0. The zero-order chi connectivity index (χ0) is 106. The van der Waals surface area contributed by atoms with Crippen LogP contribution >= 0.6 is 21.4 Å². The number of halogens is 3. The molecule has 0 radical (unpaired) electrons. The summed E-state index contributed by atoms with van der Waals surface area (Å²) in [6.07, 6.45) is 4.65. The van der Waals surface area contributed by atoms with Gasteiger partial charge < -0.3 is 73.4 Å². The summed E-state index contributed by atoms with van der Waals surface area (Å²) < 4.78 is 28.1. The molecule has 13 aromatic carbocycles. The van der Waals surface area contributed by atoms with Crippen LogP contribution in [0.25, 0.3) is 26.8 Å². The molecule has 2 amide bonds. The first kappa shape index (κ1) is 119. The van der Waals surface area contributed by atoms with E-state index in [-0.39, 0.29) is 63.6 Å². The average molecular weight is 2170 g/mol. The minimum absolute atomic E-state index is 0. The smallest absolute Gasteiger partial charge is 1.00 e. The zero-order valence-electron chi connectivity index (χ0n) is 85.6. The number of nitrogens with zero attached hydrogens (tertiary/aromatic N) is 10. The molecule has 0 aliphatic heterocycles. The van der Waals surface area contributed by atoms with E-state index in [1.807, 2.05) is 215 Å². The number of aliphatic hydroxyl groups excluding tert-OH is 2. The summed E-state index contributed by atoms with van der Waals surface area (Å²) in [5.41, 5.74) is 30.8. The van der Waals surface area contributed by atoms with E-state index in [0.717, 1.165) is 70.0 Å². The monoisotopic (exact) mass is 2170 g/mol. The Morgan fingerprint density at radius 3 is 1.34 bits per heavy atom. The number of nitrogens with two attached hydrogens (primary N) is 2. The molecule has 18 rings (SSSR count). The Balaban J connectivity index is 0.000000210. The SMILES string of the molecule is C[Si](C)(C)N(c1c[c-]ccc1)[Si](C)(C)C.Cc1cc(C(=O)O)n(-c2cccc(C#N)c2)n1.Cc1ccc(C(O)c2cccc(N)c2)cc1.Cc1ccc(C=O)cc1.NCC1CC1.O=S(Cl)Cl.[Br-].[C-]#[N+]c1cccc(-n2nc(C)cc2C(=O)Nc2cccc(C(NCC3CC3)c3ccc(OCc4ccccc4)cc3)c2)c1.[C-]#[N+]c1cccc(-n2nc(C)cc2C(=O)Nc2cccc(C(O)c3ccc(OCc4ccccc4)cc3)c2)c1.[Mg+2]. The van der Waals surface area contributed by atoms with Gasteiger partial charge in [-0.25, -0.2) is 32.7 Å². The molecule has 3 aromatic heterocycles. The maximum absolute atomic E-state index is 13.5. The van der Waals surface area contributed by atoms with Crippen molar-refractivity contribution in [3.05, 3.63) is 476 Å². The van der Waals surface area contributed by atoms with Crippen molar-refractivity contribution in [2.24, 2.45) is 17.6 Å². The van der Waals surface area contributed by atoms with E-state index in [1.54, 1.807) is 122 Å². The number of hydrogen-bond donors (Lipinski definition) is 8. The number of aliphatic hydroxyl groups is 2. The van der Waals surface area contributed by atoms with Crippen molar-refractivity contribution in [2.45, 2.75) is 131 Å². The van der Waals surface area contributed by atoms with Gasteiger partial charge in [0.1, 0.15) is 71.1 Å². The molecule has 25 nitrogen and oxygen atoms in total. The van der Waals surface area contributed by atoms with E-state index >= 15 is 0 Å². The summed E-state index contributed by atoms with van der Waals surface area (Å²) in [5.74, 6) is 1.49. The molecule has 2 aliphatic carbocycles. The standard InChI is InChI=1S/C36H33N5O2.C32H26N4O3.C14H15NO.C12H9N3O2.C12H22NSi2.C8H8O.C4H9N.BrH.Cl2OS.Mg/c1-25-20-34(41(40-25)32-13-7-11-30(22-32)37-2)36(42)39-31-12-6-10-29(21-31)35(38-23-26-14-15-26)28-16-18-33(19-17-28)43-24-27-8-4-3-5-9-27;1-22-18-30(36(35-22)28-13-7-11-26(20-28)33-2)32(38)34-27-12-6-10-25(19-27)31(37)24-14-16-29(17-15-24)39-21-23-8-4-3-5-9-23;1-10-5-7-11(8-6-10)14(16)12-3-2-4-13(15)9-12;1-8-5-11(12(16)17)15(14-8)10-4-2-3-9(6-10)7-13;1-14(2,3)13(15(4,5)6)12-10-8-7-9-11-12;1-7-2-4-8(6-9)5-3-7;5-3-4-1-2-4;;1-4(2)3;/h3-13,16-22,26,35,38H,14-15,23-24H2,1H3,(H,39,42);3-20,31,37H,21H2,1H3,(H,34,38);2-9,14,16H,15H2,1H3;2-6H,1H3,(H,16,17);7-8,10-11H,1-6H3;2-6H,1H3;4H,1-3,5H2;1H;;/q;;;;-1;;;;;+2/p-1. The van der Waals surface area contributed by atoms with Crippen molar-refractivity contribution >= 4 is 128 Å². The van der Waals surface area contributed by atoms with Crippen LogP contribution in [0.4, 0.5) is 34.1 Å². The first-order valence-corrected chi connectivity index (χ1v) is 57.8. The Bertz CT molecular complexity index is 7210. The predicted molar refractivity (Wildman–Crippen MR) is 603 cm³/mol. The fourth-order valence-corrected chi connectivity index (χ4v) is 25.7. The Labute approximate surface area is 918 Å². The van der Waals surface area contributed by atoms with Crippen LogP contribution in [0.5, 0.6) is 11.5 Å². The Kier molecular flexibility index (Phi) is 46.8. The second-order valence-electron chi connectivity index (χ2n) is 37.3. The molecule has 150 heavy (non-hydrogen) atoms. The molecule has 3 unspecified atom stereocenters. The predicted octanol–water partition coefficient (Wildman–Crippen LogP) is 22.5. The van der Waals surface area contributed by atoms with Crippen LogP contribution < -0.4 is 58.1 Å². The van der Waals surface area contributed by atoms with E-state index in [1.165, 1.54) is 57.9 Å². The van der Waals surface area contributed by atoms with Crippen molar-refractivity contribution in [3.8, 4) is 34.6 Å². The number of amides is 2. The summed E-state index contributed by atoms with van der Waals surface area (Å²) >= 11 is 0. The summed E-state index contributed by atoms with van der Waals surface area (Å²) in [4.78, 5) is 54.8. The Morgan fingerprint density at radius 1 is 0.520 bits per heavy atom. The molecule has 0 spiro atoms. The number of nitrogens with one attached hydrogen (secondary N) is 3. The number of ether oxygens (including phenoxy) is 2. The van der Waals surface area contributed by atoms with Gasteiger partial charge in [0.15, 0.2) is 17.1 Å². The van der Waals surface area contributed by atoms with Gasteiger partial charge in [0, 0.05) is 44.0 Å². The molecule has 3 heterocycles. The van der Waals surface area contributed by atoms with Gasteiger partial charge in [-0.15, -0.1) is 0 Å². The molecule has 3 atom stereocenters. The van der Waals surface area contributed by atoms with Gasteiger partial charge in [0.2, 0.25) is 9.23 Å². The summed E-state index contributed by atoms with van der Waals surface area (Å²) in [7, 11) is 4.78. The molecule has 2 aliphatic rings. The van der Waals surface area contributed by atoms with Crippen molar-refractivity contribution in [3.63, 3.8) is 0 Å². The third-order valence-electron chi connectivity index (χ3n) is 23.1. The van der Waals surface area contributed by atoms with Gasteiger partial charge in [-0.1, -0.05) is 256 Å². The van der Waals surface area contributed by atoms with Crippen LogP contribution in [0.3, 0.4) is 0 Å². The van der Waals surface area contributed by atoms with Crippen LogP contribution in [0.1, 0.15) is 164 Å². The quantitative estimate of drug-likeness (QED) is 0.00742. The molecule has 16 aromatic rings. The summed E-state index contributed by atoms with van der Waals surface area (Å²) in [6, 6.07) is 113. The molecule has 0 bridgehead atoms. The molecular formula is C118H122BrCl2MgN15O10SSi2. The number of benzene rings is 13. The minimum Gasteiger partial charge on any atom is -1.00 e. The minimum atomic E-state index is -1.67. The number of anilines is 4. The topological polar surface area (TPSA) is 342 Å². The third-order valence-corrected chi connectivity index (χ3v) is 30.3. The van der Waals surface area contributed by atoms with Crippen molar-refractivity contribution < 1.29 is 65.2 Å². The number of aldehydes is 1. The largest absolute Gasteiger partial charge is 2.00 e. The number of nitriles is 1. The van der Waals surface area contributed by atoms with Crippen LogP contribution in [0.15, 0.2) is 346 Å². The number of rotatable bonds is 28. The molecule has 766 valence electrons. The van der Waals surface area contributed by atoms with E-state index in [4.69, 9.17) is 48.7 Å². The summed E-state index contributed by atoms with van der Waals surface area (Å²) in [5, 5.41) is 61.8.